The highest BCUT2D eigenvalue weighted by atomic mass is 35.5. The van der Waals surface area contributed by atoms with Crippen molar-refractivity contribution in [3.63, 3.8) is 0 Å². The molecule has 0 radical (unpaired) electrons. The van der Waals surface area contributed by atoms with Gasteiger partial charge in [-0.25, -0.2) is 0 Å². The molecule has 7 heteroatoms. The highest BCUT2D eigenvalue weighted by molar-refractivity contribution is 6.33. The van der Waals surface area contributed by atoms with Crippen LogP contribution in [0.2, 0.25) is 5.02 Å². The Kier molecular flexibility index (Phi) is 3.72. The summed E-state index contributed by atoms with van der Waals surface area (Å²) in [6, 6.07) is 10.6. The molecule has 0 amide bonds. The van der Waals surface area contributed by atoms with Crippen LogP contribution in [0.1, 0.15) is 0 Å². The lowest BCUT2D eigenvalue weighted by Gasteiger charge is -1.98. The summed E-state index contributed by atoms with van der Waals surface area (Å²) in [6.07, 6.45) is 0. The van der Waals surface area contributed by atoms with E-state index in [0.717, 1.165) is 0 Å². The van der Waals surface area contributed by atoms with Crippen LogP contribution in [0.4, 0.5) is 22.7 Å². The van der Waals surface area contributed by atoms with E-state index in [1.165, 1.54) is 24.3 Å². The van der Waals surface area contributed by atoms with Gasteiger partial charge in [0.05, 0.1) is 15.6 Å². The van der Waals surface area contributed by atoms with Crippen molar-refractivity contribution in [3.05, 3.63) is 57.6 Å². The smallest absolute Gasteiger partial charge is 0.269 e. The maximum atomic E-state index is 10.5. The largest absolute Gasteiger partial charge is 0.399 e. The van der Waals surface area contributed by atoms with Crippen LogP contribution in [0.15, 0.2) is 52.7 Å². The molecule has 0 atom stereocenters. The standard InChI is InChI=1S/C12H9ClN4O2/c13-11-7-8(14)1-6-12(11)16-15-9-2-4-10(5-3-9)17(18)19/h1-7H,14H2/b16-15+. The molecule has 2 rings (SSSR count). The number of non-ortho nitro benzene ring substituents is 1. The highest BCUT2D eigenvalue weighted by Gasteiger charge is 2.03. The van der Waals surface area contributed by atoms with Crippen LogP contribution < -0.4 is 5.73 Å². The Morgan fingerprint density at radius 1 is 1.11 bits per heavy atom. The number of nitrogens with zero attached hydrogens (tertiary/aromatic N) is 3. The normalized spacial score (nSPS) is 10.8. The second-order valence-electron chi connectivity index (χ2n) is 3.68. The van der Waals surface area contributed by atoms with Gasteiger partial charge < -0.3 is 5.73 Å². The van der Waals surface area contributed by atoms with Crippen molar-refractivity contribution in [2.24, 2.45) is 10.2 Å². The molecule has 0 unspecified atom stereocenters. The Balaban J connectivity index is 2.20. The first-order valence-electron chi connectivity index (χ1n) is 5.27. The van der Waals surface area contributed by atoms with Crippen LogP contribution in [0.5, 0.6) is 0 Å². The van der Waals surface area contributed by atoms with Crippen molar-refractivity contribution >= 4 is 34.4 Å². The van der Waals surface area contributed by atoms with E-state index in [1.807, 2.05) is 0 Å². The first-order chi connectivity index (χ1) is 9.06. The van der Waals surface area contributed by atoms with Gasteiger partial charge in [0.25, 0.3) is 5.69 Å². The minimum absolute atomic E-state index is 0.00414. The Hall–Kier alpha value is -2.47. The van der Waals surface area contributed by atoms with Gasteiger partial charge in [-0.2, -0.15) is 5.11 Å². The number of nitrogens with two attached hydrogens (primary N) is 1. The molecule has 96 valence electrons. The van der Waals surface area contributed by atoms with Crippen LogP contribution >= 0.6 is 11.6 Å². The molecule has 0 aromatic heterocycles. The van der Waals surface area contributed by atoms with Gasteiger partial charge in [0.15, 0.2) is 0 Å². The van der Waals surface area contributed by atoms with Gasteiger partial charge in [-0.05, 0) is 30.3 Å². The number of nitro benzene ring substituents is 1. The summed E-state index contributed by atoms with van der Waals surface area (Å²) in [7, 11) is 0. The molecular formula is C12H9ClN4O2. The van der Waals surface area contributed by atoms with Crippen molar-refractivity contribution < 1.29 is 4.92 Å². The van der Waals surface area contributed by atoms with Crippen molar-refractivity contribution in [2.75, 3.05) is 5.73 Å². The van der Waals surface area contributed by atoms with Crippen molar-refractivity contribution in [1.82, 2.24) is 0 Å². The summed E-state index contributed by atoms with van der Waals surface area (Å²) >= 11 is 5.94. The first-order valence-corrected chi connectivity index (χ1v) is 5.65. The summed E-state index contributed by atoms with van der Waals surface area (Å²) in [5.74, 6) is 0. The second-order valence-corrected chi connectivity index (χ2v) is 4.09. The SMILES string of the molecule is Nc1ccc(/N=N/c2ccc([N+](=O)[O-])cc2)c(Cl)c1. The van der Waals surface area contributed by atoms with E-state index >= 15 is 0 Å². The van der Waals surface area contributed by atoms with Crippen LogP contribution in [0.25, 0.3) is 0 Å². The maximum Gasteiger partial charge on any atom is 0.269 e. The van der Waals surface area contributed by atoms with Crippen LogP contribution in [-0.4, -0.2) is 4.92 Å². The fourth-order valence-electron chi connectivity index (χ4n) is 1.36. The summed E-state index contributed by atoms with van der Waals surface area (Å²) < 4.78 is 0. The van der Waals surface area contributed by atoms with E-state index < -0.39 is 4.92 Å². The quantitative estimate of drug-likeness (QED) is 0.393. The molecule has 0 saturated carbocycles. The minimum Gasteiger partial charge on any atom is -0.399 e. The van der Waals surface area contributed by atoms with Gasteiger partial charge in [0.1, 0.15) is 5.69 Å². The van der Waals surface area contributed by atoms with E-state index in [1.54, 1.807) is 18.2 Å². The first kappa shape index (κ1) is 13.0. The number of anilines is 1. The van der Waals surface area contributed by atoms with Crippen molar-refractivity contribution in [2.45, 2.75) is 0 Å². The van der Waals surface area contributed by atoms with Crippen LogP contribution in [0.3, 0.4) is 0 Å². The van der Waals surface area contributed by atoms with Crippen LogP contribution in [0, 0.1) is 10.1 Å². The molecule has 0 spiro atoms. The summed E-state index contributed by atoms with van der Waals surface area (Å²) in [5.41, 5.74) is 7.08. The van der Waals surface area contributed by atoms with Gasteiger partial charge in [-0.1, -0.05) is 11.6 Å². The molecular weight excluding hydrogens is 268 g/mol. The topological polar surface area (TPSA) is 93.9 Å². The molecule has 0 aliphatic heterocycles. The monoisotopic (exact) mass is 276 g/mol. The number of hydrogen-bond acceptors (Lipinski definition) is 5. The number of benzene rings is 2. The van der Waals surface area contributed by atoms with Gasteiger partial charge in [0.2, 0.25) is 0 Å². The molecule has 0 saturated heterocycles. The molecule has 2 N–H and O–H groups in total. The van der Waals surface area contributed by atoms with E-state index in [9.17, 15) is 10.1 Å². The molecule has 2 aromatic rings. The molecule has 0 heterocycles. The fraction of sp³-hybridized carbons (Fsp3) is 0. The Labute approximate surface area is 113 Å². The highest BCUT2D eigenvalue weighted by Crippen LogP contribution is 2.28. The van der Waals surface area contributed by atoms with E-state index in [4.69, 9.17) is 17.3 Å². The third-order valence-corrected chi connectivity index (χ3v) is 2.61. The average molecular weight is 277 g/mol. The zero-order valence-corrected chi connectivity index (χ0v) is 10.4. The van der Waals surface area contributed by atoms with Gasteiger partial charge in [0, 0.05) is 17.8 Å². The van der Waals surface area contributed by atoms with Gasteiger partial charge in [-0.15, -0.1) is 5.11 Å². The second kappa shape index (κ2) is 5.45. The molecule has 6 nitrogen and oxygen atoms in total. The zero-order chi connectivity index (χ0) is 13.8. The predicted molar refractivity (Wildman–Crippen MR) is 73.1 cm³/mol. The van der Waals surface area contributed by atoms with E-state index in [-0.39, 0.29) is 5.69 Å². The molecule has 0 bridgehead atoms. The molecule has 0 fully saturated rings. The average Bonchev–Trinajstić information content (AvgIpc) is 2.38. The summed E-state index contributed by atoms with van der Waals surface area (Å²) in [4.78, 5) is 10.0. The number of hydrogen-bond donors (Lipinski definition) is 1. The summed E-state index contributed by atoms with van der Waals surface area (Å²) in [5, 5.41) is 18.8. The number of nitrogen functional groups attached to an aromatic ring is 1. The van der Waals surface area contributed by atoms with Gasteiger partial charge in [-0.3, -0.25) is 10.1 Å². The van der Waals surface area contributed by atoms with Crippen molar-refractivity contribution in [1.29, 1.82) is 0 Å². The number of halogens is 1. The van der Waals surface area contributed by atoms with E-state index in [0.29, 0.717) is 22.1 Å². The van der Waals surface area contributed by atoms with Crippen molar-refractivity contribution in [3.8, 4) is 0 Å². The van der Waals surface area contributed by atoms with Crippen LogP contribution in [-0.2, 0) is 0 Å². The Morgan fingerprint density at radius 2 is 1.79 bits per heavy atom. The lowest BCUT2D eigenvalue weighted by Crippen LogP contribution is -1.85. The maximum absolute atomic E-state index is 10.5. The third kappa shape index (κ3) is 3.26. The fourth-order valence-corrected chi connectivity index (χ4v) is 1.58. The Bertz CT molecular complexity index is 641. The Morgan fingerprint density at radius 3 is 2.37 bits per heavy atom. The molecule has 0 aliphatic rings. The molecule has 2 aromatic carbocycles. The lowest BCUT2D eigenvalue weighted by molar-refractivity contribution is -0.384. The number of rotatable bonds is 3. The third-order valence-electron chi connectivity index (χ3n) is 2.31. The molecule has 0 aliphatic carbocycles. The zero-order valence-electron chi connectivity index (χ0n) is 9.65. The predicted octanol–water partition coefficient (Wildman–Crippen LogP) is 4.25. The number of azo groups is 1. The van der Waals surface area contributed by atoms with Gasteiger partial charge >= 0.3 is 0 Å². The minimum atomic E-state index is -0.474. The summed E-state index contributed by atoms with van der Waals surface area (Å²) in [6.45, 7) is 0. The van der Waals surface area contributed by atoms with E-state index in [2.05, 4.69) is 10.2 Å². The lowest BCUT2D eigenvalue weighted by atomic mass is 10.3. The number of nitro groups is 1. The molecule has 19 heavy (non-hydrogen) atoms.